The second kappa shape index (κ2) is 6.91. The second-order valence-corrected chi connectivity index (χ2v) is 4.96. The first-order chi connectivity index (χ1) is 9.27. The van der Waals surface area contributed by atoms with Crippen LogP contribution in [0, 0.1) is 0 Å². The summed E-state index contributed by atoms with van der Waals surface area (Å²) < 4.78 is 10.9. The van der Waals surface area contributed by atoms with Crippen LogP contribution in [0.5, 0.6) is 5.75 Å². The molecule has 1 heterocycles. The van der Waals surface area contributed by atoms with Gasteiger partial charge < -0.3 is 14.4 Å². The zero-order chi connectivity index (χ0) is 13.7. The maximum absolute atomic E-state index is 12.6. The monoisotopic (exact) mass is 327 g/mol. The van der Waals surface area contributed by atoms with E-state index in [0.29, 0.717) is 37.7 Å². The lowest BCUT2D eigenvalue weighted by molar-refractivity contribution is 0.00506. The number of ether oxygens (including phenoxy) is 2. The van der Waals surface area contributed by atoms with E-state index in [9.17, 15) is 4.79 Å². The van der Waals surface area contributed by atoms with Crippen LogP contribution in [0.25, 0.3) is 0 Å². The fourth-order valence-corrected chi connectivity index (χ4v) is 2.67. The Morgan fingerprint density at radius 3 is 3.05 bits per heavy atom. The van der Waals surface area contributed by atoms with Gasteiger partial charge in [-0.25, -0.2) is 0 Å². The molecule has 5 heteroatoms. The Morgan fingerprint density at radius 1 is 1.53 bits per heavy atom. The second-order valence-electron chi connectivity index (χ2n) is 4.31. The van der Waals surface area contributed by atoms with Crippen molar-refractivity contribution in [3.8, 4) is 5.75 Å². The molecule has 4 nitrogen and oxygen atoms in total. The number of hydrogen-bond donors (Lipinski definition) is 0. The highest BCUT2D eigenvalue weighted by molar-refractivity contribution is 9.09. The number of carbonyl (C=O) groups excluding carboxylic acids is 1. The molecule has 0 aliphatic carbocycles. The van der Waals surface area contributed by atoms with Crippen molar-refractivity contribution in [3.05, 3.63) is 29.8 Å². The Balaban J connectivity index is 2.22. The van der Waals surface area contributed by atoms with E-state index in [1.165, 1.54) is 0 Å². The molecule has 0 spiro atoms. The number of hydrogen-bond acceptors (Lipinski definition) is 3. The van der Waals surface area contributed by atoms with Crippen molar-refractivity contribution in [2.75, 3.05) is 31.7 Å². The molecule has 19 heavy (non-hydrogen) atoms. The number of alkyl halides is 1. The minimum atomic E-state index is 0.0109. The van der Waals surface area contributed by atoms with Crippen molar-refractivity contribution < 1.29 is 14.3 Å². The van der Waals surface area contributed by atoms with E-state index in [4.69, 9.17) is 9.47 Å². The SMILES string of the molecule is CCOc1ccccc1C(=O)N1CCOCC1CBr. The standard InChI is InChI=1S/C14H18BrNO3/c1-2-19-13-6-4-3-5-12(13)14(17)16-7-8-18-10-11(16)9-15/h3-6,11H,2,7-10H2,1H3. The molecule has 1 atom stereocenters. The smallest absolute Gasteiger partial charge is 0.258 e. The van der Waals surface area contributed by atoms with Crippen molar-refractivity contribution in [2.45, 2.75) is 13.0 Å². The topological polar surface area (TPSA) is 38.8 Å². The maximum atomic E-state index is 12.6. The Morgan fingerprint density at radius 2 is 2.32 bits per heavy atom. The summed E-state index contributed by atoms with van der Waals surface area (Å²) in [5.41, 5.74) is 0.622. The molecule has 1 fully saturated rings. The van der Waals surface area contributed by atoms with E-state index >= 15 is 0 Å². The molecule has 1 aliphatic rings. The first-order valence-electron chi connectivity index (χ1n) is 6.44. The molecule has 1 saturated heterocycles. The third kappa shape index (κ3) is 3.28. The van der Waals surface area contributed by atoms with Gasteiger partial charge in [0.25, 0.3) is 5.91 Å². The molecule has 0 radical (unpaired) electrons. The summed E-state index contributed by atoms with van der Waals surface area (Å²) in [5.74, 6) is 0.659. The Hall–Kier alpha value is -1.07. The number of para-hydroxylation sites is 1. The largest absolute Gasteiger partial charge is 0.493 e. The van der Waals surface area contributed by atoms with Crippen LogP contribution in [0.3, 0.4) is 0 Å². The summed E-state index contributed by atoms with van der Waals surface area (Å²) in [6, 6.07) is 7.47. The van der Waals surface area contributed by atoms with Gasteiger partial charge in [0.15, 0.2) is 0 Å². The minimum Gasteiger partial charge on any atom is -0.493 e. The van der Waals surface area contributed by atoms with Crippen molar-refractivity contribution in [3.63, 3.8) is 0 Å². The molecule has 0 saturated carbocycles. The van der Waals surface area contributed by atoms with Gasteiger partial charge in [-0.05, 0) is 19.1 Å². The lowest BCUT2D eigenvalue weighted by Gasteiger charge is -2.34. The van der Waals surface area contributed by atoms with Crippen LogP contribution in [0.1, 0.15) is 17.3 Å². The van der Waals surface area contributed by atoms with E-state index < -0.39 is 0 Å². The molecule has 0 aromatic heterocycles. The molecule has 1 aromatic carbocycles. The first kappa shape index (κ1) is 14.3. The van der Waals surface area contributed by atoms with Gasteiger partial charge >= 0.3 is 0 Å². The van der Waals surface area contributed by atoms with E-state index in [1.807, 2.05) is 36.1 Å². The Kier molecular flexibility index (Phi) is 5.22. The Bertz CT molecular complexity index is 438. The van der Waals surface area contributed by atoms with Gasteiger partial charge in [-0.1, -0.05) is 28.1 Å². The fourth-order valence-electron chi connectivity index (χ4n) is 2.13. The predicted octanol–water partition coefficient (Wildman–Crippen LogP) is 2.32. The van der Waals surface area contributed by atoms with Crippen molar-refractivity contribution >= 4 is 21.8 Å². The van der Waals surface area contributed by atoms with Crippen LogP contribution in [0.2, 0.25) is 0 Å². The highest BCUT2D eigenvalue weighted by Crippen LogP contribution is 2.22. The summed E-state index contributed by atoms with van der Waals surface area (Å²) >= 11 is 3.44. The molecule has 1 aliphatic heterocycles. The Labute approximate surface area is 121 Å². The molecular weight excluding hydrogens is 310 g/mol. The number of morpholine rings is 1. The van der Waals surface area contributed by atoms with Crippen molar-refractivity contribution in [2.24, 2.45) is 0 Å². The van der Waals surface area contributed by atoms with E-state index in [1.54, 1.807) is 0 Å². The van der Waals surface area contributed by atoms with E-state index in [2.05, 4.69) is 15.9 Å². The predicted molar refractivity (Wildman–Crippen MR) is 77.0 cm³/mol. The lowest BCUT2D eigenvalue weighted by atomic mass is 10.1. The van der Waals surface area contributed by atoms with Crippen LogP contribution in [0.4, 0.5) is 0 Å². The third-order valence-electron chi connectivity index (χ3n) is 3.08. The normalized spacial score (nSPS) is 19.3. The number of benzene rings is 1. The average Bonchev–Trinajstić information content (AvgIpc) is 2.47. The lowest BCUT2D eigenvalue weighted by Crippen LogP contribution is -2.49. The molecule has 2 rings (SSSR count). The molecule has 1 aromatic rings. The van der Waals surface area contributed by atoms with Crippen LogP contribution < -0.4 is 4.74 Å². The molecule has 0 N–H and O–H groups in total. The molecule has 1 amide bonds. The van der Waals surface area contributed by atoms with Crippen LogP contribution >= 0.6 is 15.9 Å². The van der Waals surface area contributed by atoms with Crippen molar-refractivity contribution in [1.82, 2.24) is 4.90 Å². The van der Waals surface area contributed by atoms with Crippen molar-refractivity contribution in [1.29, 1.82) is 0 Å². The van der Waals surface area contributed by atoms with Gasteiger partial charge in [-0.3, -0.25) is 4.79 Å². The number of nitrogens with zero attached hydrogens (tertiary/aromatic N) is 1. The van der Waals surface area contributed by atoms with Gasteiger partial charge in [0.2, 0.25) is 0 Å². The van der Waals surface area contributed by atoms with Gasteiger partial charge in [-0.15, -0.1) is 0 Å². The minimum absolute atomic E-state index is 0.0109. The van der Waals surface area contributed by atoms with Gasteiger partial charge in [-0.2, -0.15) is 0 Å². The number of amides is 1. The zero-order valence-electron chi connectivity index (χ0n) is 11.0. The van der Waals surface area contributed by atoms with Crippen LogP contribution in [-0.4, -0.2) is 48.5 Å². The van der Waals surface area contributed by atoms with Gasteiger partial charge in [0, 0.05) is 11.9 Å². The zero-order valence-corrected chi connectivity index (χ0v) is 12.6. The summed E-state index contributed by atoms with van der Waals surface area (Å²) in [7, 11) is 0. The molecule has 1 unspecified atom stereocenters. The average molecular weight is 328 g/mol. The molecular formula is C14H18BrNO3. The third-order valence-corrected chi connectivity index (χ3v) is 3.83. The highest BCUT2D eigenvalue weighted by atomic mass is 79.9. The highest BCUT2D eigenvalue weighted by Gasteiger charge is 2.28. The number of carbonyl (C=O) groups is 1. The van der Waals surface area contributed by atoms with E-state index in [0.717, 1.165) is 5.33 Å². The summed E-state index contributed by atoms with van der Waals surface area (Å²) in [5, 5.41) is 0.718. The maximum Gasteiger partial charge on any atom is 0.258 e. The summed E-state index contributed by atoms with van der Waals surface area (Å²) in [6.07, 6.45) is 0. The number of halogens is 1. The molecule has 0 bridgehead atoms. The first-order valence-corrected chi connectivity index (χ1v) is 7.56. The number of rotatable bonds is 4. The van der Waals surface area contributed by atoms with Gasteiger partial charge in [0.1, 0.15) is 5.75 Å². The molecule has 104 valence electrons. The van der Waals surface area contributed by atoms with Gasteiger partial charge in [0.05, 0.1) is 31.4 Å². The summed E-state index contributed by atoms with van der Waals surface area (Å²) in [4.78, 5) is 14.5. The van der Waals surface area contributed by atoms with Crippen LogP contribution in [-0.2, 0) is 4.74 Å². The van der Waals surface area contributed by atoms with E-state index in [-0.39, 0.29) is 11.9 Å². The fraction of sp³-hybridized carbons (Fsp3) is 0.500. The van der Waals surface area contributed by atoms with Crippen LogP contribution in [0.15, 0.2) is 24.3 Å². The summed E-state index contributed by atoms with van der Waals surface area (Å²) in [6.45, 7) is 4.25. The quantitative estimate of drug-likeness (QED) is 0.797.